The van der Waals surface area contributed by atoms with E-state index < -0.39 is 58.0 Å². The molecule has 0 bridgehead atoms. The molecular weight excluding hydrogens is 542 g/mol. The van der Waals surface area contributed by atoms with Gasteiger partial charge in [0.25, 0.3) is 5.91 Å². The third kappa shape index (κ3) is 4.43. The monoisotopic (exact) mass is 579 g/mol. The summed E-state index contributed by atoms with van der Waals surface area (Å²) in [7, 11) is 3.13. The number of likely N-dealkylation sites (N-methyl/N-ethyl adjacent to an activating group) is 1. The number of amides is 1. The normalized spacial score (nSPS) is 25.9. The zero-order valence-corrected chi connectivity index (χ0v) is 24.3. The average Bonchev–Trinajstić information content (AvgIpc) is 3.41. The van der Waals surface area contributed by atoms with Crippen LogP contribution in [0.15, 0.2) is 46.0 Å². The van der Waals surface area contributed by atoms with E-state index in [-0.39, 0.29) is 41.7 Å². The fourth-order valence-electron chi connectivity index (χ4n) is 6.75. The number of fused-ring (bicyclic) bond motifs is 3. The molecule has 5 rings (SSSR count). The molecule has 0 spiro atoms. The molecule has 0 aliphatic heterocycles. The van der Waals surface area contributed by atoms with Crippen molar-refractivity contribution in [3.8, 4) is 16.9 Å². The summed E-state index contributed by atoms with van der Waals surface area (Å²) in [6.45, 7) is 7.12. The van der Waals surface area contributed by atoms with E-state index in [2.05, 4.69) is 26.1 Å². The molecule has 1 fully saturated rings. The van der Waals surface area contributed by atoms with E-state index in [4.69, 9.17) is 10.2 Å². The van der Waals surface area contributed by atoms with Gasteiger partial charge in [0.05, 0.1) is 24.1 Å². The van der Waals surface area contributed by atoms with Gasteiger partial charge in [-0.15, -0.1) is 0 Å². The fraction of sp³-hybridized carbons (Fsp3) is 0.452. The Labute approximate surface area is 243 Å². The number of aliphatic hydroxyl groups is 3. The lowest BCUT2D eigenvalue weighted by Crippen LogP contribution is -2.65. The summed E-state index contributed by atoms with van der Waals surface area (Å²) in [5.41, 5.74) is 4.19. The number of phenolic OH excluding ortho intramolecular Hbond substituents is 1. The molecule has 42 heavy (non-hydrogen) atoms. The Morgan fingerprint density at radius 2 is 1.90 bits per heavy atom. The highest BCUT2D eigenvalue weighted by atomic mass is 16.3. The molecular formula is C31H37N3O8. The number of hydrogen-bond donors (Lipinski definition) is 6. The second kappa shape index (κ2) is 10.1. The number of benzene rings is 1. The SMILES string of the molecule is CN(C)C1C(=O)C(C(N)=O)=C(O)[C@@]2(O)C(=O)C3=C(O)c4c(O)c(CNCC(C)(C)C)cc(-c5ccoc5)c4C[C@H]3C[C@@H]12. The minimum atomic E-state index is -2.68. The standard InChI is InChI=1S/C31H37N3O8/c1-30(2,3)13-33-11-16-9-17(14-6-7-42-12-14)18-8-15-10-19-23(34(4)5)26(37)22(29(32)40)28(39)31(19,41)27(38)20(15)25(36)21(18)24(16)35/h6-7,9,12,15,19,23,33,35-36,39,41H,8,10-11,13H2,1-5H3,(H2,32,40)/t15-,19-,23?,31-/m0/s1. The van der Waals surface area contributed by atoms with E-state index in [9.17, 15) is 34.8 Å². The van der Waals surface area contributed by atoms with Gasteiger partial charge in [-0.05, 0) is 61.5 Å². The molecule has 1 unspecified atom stereocenters. The number of Topliss-reactive ketones (excluding diaryl/α,β-unsaturated/α-hetero) is 2. The lowest BCUT2D eigenvalue weighted by Gasteiger charge is -2.50. The number of aromatic hydroxyl groups is 1. The maximum atomic E-state index is 14.1. The van der Waals surface area contributed by atoms with Crippen molar-refractivity contribution in [2.24, 2.45) is 23.0 Å². The van der Waals surface area contributed by atoms with Crippen molar-refractivity contribution in [2.75, 3.05) is 20.6 Å². The number of rotatable bonds is 6. The summed E-state index contributed by atoms with van der Waals surface area (Å²) in [6.07, 6.45) is 3.28. The van der Waals surface area contributed by atoms with Crippen LogP contribution in [0.3, 0.4) is 0 Å². The third-order valence-corrected chi connectivity index (χ3v) is 8.60. The zero-order chi connectivity index (χ0) is 30.9. The molecule has 3 aliphatic rings. The Bertz CT molecular complexity index is 1550. The van der Waals surface area contributed by atoms with E-state index in [0.29, 0.717) is 28.8 Å². The number of carbonyl (C=O) groups is 3. The van der Waals surface area contributed by atoms with Crippen LogP contribution in [-0.4, -0.2) is 75.1 Å². The van der Waals surface area contributed by atoms with Crippen molar-refractivity contribution < 1.29 is 39.2 Å². The van der Waals surface area contributed by atoms with Crippen LogP contribution in [0.25, 0.3) is 16.9 Å². The number of carbonyl (C=O) groups excluding carboxylic acids is 3. The van der Waals surface area contributed by atoms with Crippen LogP contribution >= 0.6 is 0 Å². The van der Waals surface area contributed by atoms with Crippen molar-refractivity contribution in [2.45, 2.75) is 51.8 Å². The average molecular weight is 580 g/mol. The van der Waals surface area contributed by atoms with Crippen molar-refractivity contribution in [1.82, 2.24) is 10.2 Å². The maximum absolute atomic E-state index is 14.1. The van der Waals surface area contributed by atoms with Gasteiger partial charge in [0.1, 0.15) is 22.8 Å². The fourth-order valence-corrected chi connectivity index (χ4v) is 6.75. The van der Waals surface area contributed by atoms with Gasteiger partial charge >= 0.3 is 0 Å². The predicted octanol–water partition coefficient (Wildman–Crippen LogP) is 2.36. The van der Waals surface area contributed by atoms with Crippen molar-refractivity contribution in [3.63, 3.8) is 0 Å². The van der Waals surface area contributed by atoms with Crippen LogP contribution in [0.1, 0.15) is 43.9 Å². The number of phenols is 1. The molecule has 3 aliphatic carbocycles. The van der Waals surface area contributed by atoms with Gasteiger partial charge in [0.15, 0.2) is 11.4 Å². The van der Waals surface area contributed by atoms with Crippen LogP contribution in [0.2, 0.25) is 0 Å². The summed E-state index contributed by atoms with van der Waals surface area (Å²) in [5.74, 6) is -6.74. The largest absolute Gasteiger partial charge is 0.508 e. The summed E-state index contributed by atoms with van der Waals surface area (Å²) in [4.78, 5) is 41.1. The third-order valence-electron chi connectivity index (χ3n) is 8.60. The molecule has 1 amide bonds. The van der Waals surface area contributed by atoms with Crippen LogP contribution in [-0.2, 0) is 27.3 Å². The quantitative estimate of drug-likeness (QED) is 0.277. The summed E-state index contributed by atoms with van der Waals surface area (Å²) in [5, 5.41) is 49.3. The Kier molecular flexibility index (Phi) is 7.11. The lowest BCUT2D eigenvalue weighted by atomic mass is 9.57. The number of nitrogens with one attached hydrogen (secondary N) is 1. The molecule has 4 atom stereocenters. The van der Waals surface area contributed by atoms with E-state index >= 15 is 0 Å². The first kappa shape index (κ1) is 29.6. The Morgan fingerprint density at radius 3 is 2.48 bits per heavy atom. The molecule has 11 heteroatoms. The minimum Gasteiger partial charge on any atom is -0.508 e. The Morgan fingerprint density at radius 1 is 1.21 bits per heavy atom. The smallest absolute Gasteiger partial charge is 0.255 e. The van der Waals surface area contributed by atoms with Gasteiger partial charge < -0.3 is 35.9 Å². The molecule has 1 aromatic heterocycles. The molecule has 1 aromatic carbocycles. The van der Waals surface area contributed by atoms with E-state index in [1.807, 2.05) is 6.07 Å². The topological polar surface area (TPSA) is 187 Å². The van der Waals surface area contributed by atoms with Crippen LogP contribution < -0.4 is 11.1 Å². The molecule has 0 radical (unpaired) electrons. The molecule has 1 heterocycles. The molecule has 11 nitrogen and oxygen atoms in total. The van der Waals surface area contributed by atoms with E-state index in [1.165, 1.54) is 11.2 Å². The molecule has 1 saturated carbocycles. The number of nitrogens with zero attached hydrogens (tertiary/aromatic N) is 1. The van der Waals surface area contributed by atoms with Gasteiger partial charge in [-0.2, -0.15) is 0 Å². The summed E-state index contributed by atoms with van der Waals surface area (Å²) < 4.78 is 5.33. The van der Waals surface area contributed by atoms with Crippen LogP contribution in [0, 0.1) is 17.3 Å². The minimum absolute atomic E-state index is 0.0201. The predicted molar refractivity (Wildman–Crippen MR) is 153 cm³/mol. The Hall–Kier alpha value is -3.93. The van der Waals surface area contributed by atoms with Crippen LogP contribution in [0.5, 0.6) is 5.75 Å². The zero-order valence-electron chi connectivity index (χ0n) is 24.3. The summed E-state index contributed by atoms with van der Waals surface area (Å²) in [6, 6.07) is 2.45. The van der Waals surface area contributed by atoms with E-state index in [1.54, 1.807) is 26.4 Å². The second-order valence-corrected chi connectivity index (χ2v) is 12.9. The van der Waals surface area contributed by atoms with E-state index in [0.717, 1.165) is 0 Å². The number of primary amides is 1. The number of aliphatic hydroxyl groups excluding tert-OH is 2. The molecule has 0 saturated heterocycles. The number of ketones is 2. The number of furan rings is 1. The van der Waals surface area contributed by atoms with Gasteiger partial charge in [-0.3, -0.25) is 19.3 Å². The lowest BCUT2D eigenvalue weighted by molar-refractivity contribution is -0.153. The number of hydrogen-bond acceptors (Lipinski definition) is 10. The highest BCUT2D eigenvalue weighted by Crippen LogP contribution is 2.54. The van der Waals surface area contributed by atoms with Crippen molar-refractivity contribution >= 4 is 23.2 Å². The first-order valence-electron chi connectivity index (χ1n) is 13.8. The molecule has 7 N–H and O–H groups in total. The molecule has 2 aromatic rings. The second-order valence-electron chi connectivity index (χ2n) is 12.9. The van der Waals surface area contributed by atoms with Crippen molar-refractivity contribution in [3.05, 3.63) is 58.3 Å². The van der Waals surface area contributed by atoms with Crippen LogP contribution in [0.4, 0.5) is 0 Å². The molecule has 224 valence electrons. The van der Waals surface area contributed by atoms with Gasteiger partial charge in [0, 0.05) is 35.7 Å². The highest BCUT2D eigenvalue weighted by molar-refractivity contribution is 6.24. The van der Waals surface area contributed by atoms with Gasteiger partial charge in [-0.1, -0.05) is 20.8 Å². The highest BCUT2D eigenvalue weighted by Gasteiger charge is 2.64. The Balaban J connectivity index is 1.71. The van der Waals surface area contributed by atoms with Gasteiger partial charge in [0.2, 0.25) is 5.78 Å². The van der Waals surface area contributed by atoms with Crippen molar-refractivity contribution in [1.29, 1.82) is 0 Å². The van der Waals surface area contributed by atoms with Gasteiger partial charge in [-0.25, -0.2) is 0 Å². The first-order valence-corrected chi connectivity index (χ1v) is 13.8. The number of nitrogens with two attached hydrogens (primary N) is 1. The first-order chi connectivity index (χ1) is 19.6. The summed E-state index contributed by atoms with van der Waals surface area (Å²) >= 11 is 0. The maximum Gasteiger partial charge on any atom is 0.255 e.